The van der Waals surface area contributed by atoms with E-state index in [-0.39, 0.29) is 24.0 Å². The Hall–Kier alpha value is -0.860. The lowest BCUT2D eigenvalue weighted by molar-refractivity contribution is 0.0168. The number of hydrogen-bond donors (Lipinski definition) is 2. The van der Waals surface area contributed by atoms with Crippen LogP contribution in [-0.4, -0.2) is 52.0 Å². The van der Waals surface area contributed by atoms with E-state index in [1.54, 1.807) is 7.05 Å². The number of halogens is 1. The van der Waals surface area contributed by atoms with Gasteiger partial charge >= 0.3 is 0 Å². The average molecular weight is 461 g/mol. The van der Waals surface area contributed by atoms with Gasteiger partial charge in [0.15, 0.2) is 5.96 Å². The van der Waals surface area contributed by atoms with Gasteiger partial charge in [-0.15, -0.1) is 24.0 Å². The quantitative estimate of drug-likeness (QED) is 0.257. The van der Waals surface area contributed by atoms with Crippen LogP contribution < -0.4 is 10.6 Å². The first-order valence-corrected chi connectivity index (χ1v) is 8.97. The summed E-state index contributed by atoms with van der Waals surface area (Å²) in [5.41, 5.74) is 2.65. The zero-order valence-corrected chi connectivity index (χ0v) is 17.8. The van der Waals surface area contributed by atoms with E-state index < -0.39 is 0 Å². The Balaban J connectivity index is 0.00000312. The zero-order chi connectivity index (χ0) is 17.0. The Morgan fingerprint density at radius 2 is 2.16 bits per heavy atom. The Labute approximate surface area is 169 Å². The summed E-state index contributed by atoms with van der Waals surface area (Å²) in [6.07, 6.45) is 4.57. The Morgan fingerprint density at radius 1 is 1.32 bits per heavy atom. The minimum absolute atomic E-state index is 0. The molecule has 1 heterocycles. The van der Waals surface area contributed by atoms with Crippen molar-refractivity contribution in [2.24, 2.45) is 4.99 Å². The molecule has 0 saturated carbocycles. The highest BCUT2D eigenvalue weighted by atomic mass is 127. The zero-order valence-electron chi connectivity index (χ0n) is 15.4. The molecule has 0 bridgehead atoms. The lowest BCUT2D eigenvalue weighted by Gasteiger charge is -2.13. The van der Waals surface area contributed by atoms with E-state index in [1.807, 2.05) is 0 Å². The monoisotopic (exact) mass is 461 g/mol. The van der Waals surface area contributed by atoms with E-state index in [1.165, 1.54) is 17.5 Å². The summed E-state index contributed by atoms with van der Waals surface area (Å²) in [5.74, 6) is 0.849. The second-order valence-electron chi connectivity index (χ2n) is 6.23. The van der Waals surface area contributed by atoms with Crippen molar-refractivity contribution in [1.29, 1.82) is 0 Å². The first-order valence-electron chi connectivity index (χ1n) is 8.97. The van der Waals surface area contributed by atoms with Gasteiger partial charge in [-0.1, -0.05) is 29.8 Å². The van der Waals surface area contributed by atoms with Gasteiger partial charge in [0, 0.05) is 33.4 Å². The molecule has 1 unspecified atom stereocenters. The van der Waals surface area contributed by atoms with Crippen molar-refractivity contribution in [3.05, 3.63) is 35.4 Å². The smallest absolute Gasteiger partial charge is 0.190 e. The van der Waals surface area contributed by atoms with Crippen LogP contribution in [0.2, 0.25) is 0 Å². The van der Waals surface area contributed by atoms with E-state index in [0.717, 1.165) is 58.1 Å². The summed E-state index contributed by atoms with van der Waals surface area (Å²) in [4.78, 5) is 4.25. The Morgan fingerprint density at radius 3 is 2.88 bits per heavy atom. The minimum Gasteiger partial charge on any atom is -0.379 e. The molecule has 6 heteroatoms. The molecule has 5 nitrogen and oxygen atoms in total. The molecule has 1 saturated heterocycles. The number of hydrogen-bond acceptors (Lipinski definition) is 3. The largest absolute Gasteiger partial charge is 0.379 e. The third kappa shape index (κ3) is 9.42. The number of aryl methyl sites for hydroxylation is 1. The summed E-state index contributed by atoms with van der Waals surface area (Å²) >= 11 is 0. The molecule has 0 amide bonds. The van der Waals surface area contributed by atoms with Crippen molar-refractivity contribution in [3.63, 3.8) is 0 Å². The van der Waals surface area contributed by atoms with Crippen LogP contribution in [-0.2, 0) is 15.9 Å². The van der Waals surface area contributed by atoms with E-state index in [2.05, 4.69) is 46.8 Å². The molecule has 2 rings (SSSR count). The number of ether oxygens (including phenoxy) is 2. The van der Waals surface area contributed by atoms with Crippen LogP contribution in [0, 0.1) is 6.92 Å². The van der Waals surface area contributed by atoms with Crippen LogP contribution in [0.4, 0.5) is 0 Å². The van der Waals surface area contributed by atoms with Crippen LogP contribution in [0.15, 0.2) is 29.3 Å². The van der Waals surface area contributed by atoms with Gasteiger partial charge < -0.3 is 20.1 Å². The van der Waals surface area contributed by atoms with Crippen LogP contribution in [0.1, 0.15) is 30.4 Å². The predicted octanol–water partition coefficient (Wildman–Crippen LogP) is 2.91. The van der Waals surface area contributed by atoms with Gasteiger partial charge in [-0.3, -0.25) is 4.99 Å². The van der Waals surface area contributed by atoms with Gasteiger partial charge in [0.05, 0.1) is 12.7 Å². The molecule has 1 aliphatic rings. The molecule has 25 heavy (non-hydrogen) atoms. The number of guanidine groups is 1. The van der Waals surface area contributed by atoms with Crippen molar-refractivity contribution in [3.8, 4) is 0 Å². The normalized spacial score (nSPS) is 17.2. The average Bonchev–Trinajstić information content (AvgIpc) is 3.09. The molecule has 0 radical (unpaired) electrons. The fraction of sp³-hybridized carbons (Fsp3) is 0.632. The molecule has 1 aromatic rings. The number of benzene rings is 1. The lowest BCUT2D eigenvalue weighted by atomic mass is 10.1. The van der Waals surface area contributed by atoms with Gasteiger partial charge in [0.25, 0.3) is 0 Å². The maximum absolute atomic E-state index is 5.66. The Bertz CT molecular complexity index is 505. The molecule has 0 aromatic heterocycles. The SMILES string of the molecule is CN=C(NCCCOCC1CCCO1)NCCc1cccc(C)c1.I. The molecule has 142 valence electrons. The predicted molar refractivity (Wildman–Crippen MR) is 114 cm³/mol. The maximum atomic E-state index is 5.66. The number of aliphatic imine (C=N–C) groups is 1. The van der Waals surface area contributed by atoms with Gasteiger partial charge in [-0.25, -0.2) is 0 Å². The summed E-state index contributed by atoms with van der Waals surface area (Å²) in [7, 11) is 1.80. The highest BCUT2D eigenvalue weighted by Gasteiger charge is 2.14. The molecular weight excluding hydrogens is 429 g/mol. The fourth-order valence-electron chi connectivity index (χ4n) is 2.79. The van der Waals surface area contributed by atoms with Crippen molar-refractivity contribution >= 4 is 29.9 Å². The summed E-state index contributed by atoms with van der Waals surface area (Å²) in [5, 5.41) is 6.67. The summed E-state index contributed by atoms with van der Waals surface area (Å²) in [6.45, 7) is 6.23. The van der Waals surface area contributed by atoms with Gasteiger partial charge in [-0.2, -0.15) is 0 Å². The highest BCUT2D eigenvalue weighted by Crippen LogP contribution is 2.11. The van der Waals surface area contributed by atoms with Gasteiger partial charge in [0.2, 0.25) is 0 Å². The van der Waals surface area contributed by atoms with Crippen molar-refractivity contribution < 1.29 is 9.47 Å². The van der Waals surface area contributed by atoms with Crippen molar-refractivity contribution in [2.75, 3.05) is 40.0 Å². The third-order valence-electron chi connectivity index (χ3n) is 4.10. The summed E-state index contributed by atoms with van der Waals surface area (Å²) < 4.78 is 11.2. The second kappa shape index (κ2) is 13.4. The number of nitrogens with zero attached hydrogens (tertiary/aromatic N) is 1. The van der Waals surface area contributed by atoms with Crippen molar-refractivity contribution in [1.82, 2.24) is 10.6 Å². The molecule has 1 aliphatic heterocycles. The molecule has 2 N–H and O–H groups in total. The topological polar surface area (TPSA) is 54.9 Å². The van der Waals surface area contributed by atoms with Gasteiger partial charge in [0.1, 0.15) is 0 Å². The molecule has 1 aromatic carbocycles. The summed E-state index contributed by atoms with van der Waals surface area (Å²) in [6, 6.07) is 8.62. The van der Waals surface area contributed by atoms with E-state index >= 15 is 0 Å². The minimum atomic E-state index is 0. The maximum Gasteiger partial charge on any atom is 0.190 e. The van der Waals surface area contributed by atoms with Crippen molar-refractivity contribution in [2.45, 2.75) is 38.7 Å². The van der Waals surface area contributed by atoms with Crippen LogP contribution in [0.25, 0.3) is 0 Å². The highest BCUT2D eigenvalue weighted by molar-refractivity contribution is 14.0. The number of nitrogens with one attached hydrogen (secondary N) is 2. The van der Waals surface area contributed by atoms with E-state index in [0.29, 0.717) is 6.10 Å². The van der Waals surface area contributed by atoms with E-state index in [4.69, 9.17) is 9.47 Å². The lowest BCUT2D eigenvalue weighted by Crippen LogP contribution is -2.39. The second-order valence-corrected chi connectivity index (χ2v) is 6.23. The standard InChI is InChI=1S/C19H31N3O2.HI/c1-16-6-3-7-17(14-16)9-11-22-19(20-2)21-10-5-12-23-15-18-8-4-13-24-18;/h3,6-7,14,18H,4-5,8-13,15H2,1-2H3,(H2,20,21,22);1H. The number of rotatable bonds is 9. The van der Waals surface area contributed by atoms with Crippen LogP contribution in [0.5, 0.6) is 0 Å². The molecular formula is C19H32IN3O2. The van der Waals surface area contributed by atoms with Crippen LogP contribution >= 0.6 is 24.0 Å². The first kappa shape index (κ1) is 22.2. The molecule has 0 aliphatic carbocycles. The molecule has 0 spiro atoms. The Kier molecular flexibility index (Phi) is 11.9. The van der Waals surface area contributed by atoms with Gasteiger partial charge in [-0.05, 0) is 38.2 Å². The van der Waals surface area contributed by atoms with Crippen LogP contribution in [0.3, 0.4) is 0 Å². The third-order valence-corrected chi connectivity index (χ3v) is 4.10. The first-order chi connectivity index (χ1) is 11.8. The fourth-order valence-corrected chi connectivity index (χ4v) is 2.79. The van der Waals surface area contributed by atoms with E-state index in [9.17, 15) is 0 Å². The molecule has 1 atom stereocenters. The molecule has 1 fully saturated rings.